The third-order valence-electron chi connectivity index (χ3n) is 4.74. The van der Waals surface area contributed by atoms with Gasteiger partial charge >= 0.3 is 0 Å². The van der Waals surface area contributed by atoms with E-state index < -0.39 is 0 Å². The van der Waals surface area contributed by atoms with E-state index in [1.165, 1.54) is 11.3 Å². The Bertz CT molecular complexity index is 1050. The lowest BCUT2D eigenvalue weighted by Gasteiger charge is -2.28. The lowest BCUT2D eigenvalue weighted by Crippen LogP contribution is -2.36. The molecule has 28 heavy (non-hydrogen) atoms. The molecule has 4 rings (SSSR count). The number of fused-ring (bicyclic) bond motifs is 1. The highest BCUT2D eigenvalue weighted by Gasteiger charge is 2.25. The number of carbonyl (C=O) groups is 1. The summed E-state index contributed by atoms with van der Waals surface area (Å²) >= 11 is 1.39. The van der Waals surface area contributed by atoms with Gasteiger partial charge in [-0.3, -0.25) is 4.79 Å². The van der Waals surface area contributed by atoms with Gasteiger partial charge in [-0.15, -0.1) is 11.3 Å². The van der Waals surface area contributed by atoms with Gasteiger partial charge in [0.05, 0.1) is 18.7 Å². The molecule has 3 aromatic rings. The van der Waals surface area contributed by atoms with Gasteiger partial charge in [-0.1, -0.05) is 12.1 Å². The van der Waals surface area contributed by atoms with Crippen LogP contribution in [0, 0.1) is 11.3 Å². The predicted octanol–water partition coefficient (Wildman–Crippen LogP) is 3.97. The predicted molar refractivity (Wildman–Crippen MR) is 108 cm³/mol. The number of aromatic nitrogens is 1. The highest BCUT2D eigenvalue weighted by molar-refractivity contribution is 7.14. The van der Waals surface area contributed by atoms with E-state index in [1.807, 2.05) is 42.5 Å². The zero-order valence-corrected chi connectivity index (χ0v) is 16.1. The number of amides is 1. The number of hydrogen-bond acceptors (Lipinski definition) is 6. The summed E-state index contributed by atoms with van der Waals surface area (Å²) in [7, 11) is 1.63. The molecule has 0 fully saturated rings. The summed E-state index contributed by atoms with van der Waals surface area (Å²) in [6, 6.07) is 15.4. The Kier molecular flexibility index (Phi) is 4.96. The van der Waals surface area contributed by atoms with Crippen molar-refractivity contribution in [3.63, 3.8) is 0 Å². The van der Waals surface area contributed by atoms with Gasteiger partial charge in [0, 0.05) is 24.2 Å². The first-order chi connectivity index (χ1) is 13.7. The minimum atomic E-state index is -0.0907. The molecule has 0 saturated carbocycles. The van der Waals surface area contributed by atoms with E-state index in [9.17, 15) is 10.1 Å². The van der Waals surface area contributed by atoms with Crippen molar-refractivity contribution in [1.82, 2.24) is 9.88 Å². The fraction of sp³-hybridized carbons (Fsp3) is 0.190. The van der Waals surface area contributed by atoms with Crippen molar-refractivity contribution in [1.29, 1.82) is 5.26 Å². The van der Waals surface area contributed by atoms with Crippen molar-refractivity contribution in [2.45, 2.75) is 13.0 Å². The van der Waals surface area contributed by atoms with Crippen LogP contribution in [0.25, 0.3) is 0 Å². The Balaban J connectivity index is 1.46. The van der Waals surface area contributed by atoms with Gasteiger partial charge in [0.25, 0.3) is 5.91 Å². The molecule has 1 aliphatic rings. The monoisotopic (exact) mass is 390 g/mol. The Labute approximate surface area is 167 Å². The lowest BCUT2D eigenvalue weighted by atomic mass is 9.95. The number of methoxy groups -OCH3 is 1. The average Bonchev–Trinajstić information content (AvgIpc) is 3.21. The molecule has 0 bridgehead atoms. The maximum absolute atomic E-state index is 12.9. The zero-order chi connectivity index (χ0) is 19.5. The highest BCUT2D eigenvalue weighted by atomic mass is 32.1. The number of benzene rings is 2. The molecule has 1 aromatic heterocycles. The van der Waals surface area contributed by atoms with Gasteiger partial charge in [0.1, 0.15) is 11.4 Å². The molecule has 0 radical (unpaired) electrons. The van der Waals surface area contributed by atoms with E-state index in [0.717, 1.165) is 22.6 Å². The summed E-state index contributed by atoms with van der Waals surface area (Å²) < 4.78 is 5.15. The Morgan fingerprint density at radius 1 is 1.29 bits per heavy atom. The Morgan fingerprint density at radius 2 is 2.11 bits per heavy atom. The van der Waals surface area contributed by atoms with E-state index in [0.29, 0.717) is 35.9 Å². The van der Waals surface area contributed by atoms with Crippen LogP contribution in [0.2, 0.25) is 0 Å². The summed E-state index contributed by atoms with van der Waals surface area (Å²) in [6.45, 7) is 1.09. The Hall–Kier alpha value is -3.37. The molecular weight excluding hydrogens is 372 g/mol. The first-order valence-corrected chi connectivity index (χ1v) is 9.72. The van der Waals surface area contributed by atoms with E-state index >= 15 is 0 Å². The number of rotatable bonds is 4. The summed E-state index contributed by atoms with van der Waals surface area (Å²) in [5, 5.41) is 14.9. The molecule has 1 amide bonds. The number of thiazole rings is 1. The van der Waals surface area contributed by atoms with E-state index in [-0.39, 0.29) is 5.91 Å². The van der Waals surface area contributed by atoms with Gasteiger partial charge in [-0.25, -0.2) is 4.98 Å². The van der Waals surface area contributed by atoms with Crippen LogP contribution >= 0.6 is 11.3 Å². The third-order valence-corrected chi connectivity index (χ3v) is 5.50. The molecule has 0 saturated heterocycles. The van der Waals surface area contributed by atoms with Crippen LogP contribution in [0.5, 0.6) is 5.75 Å². The standard InChI is InChI=1S/C21H18N4O2S/c1-27-17-7-5-16(6-8-17)23-21-24-19(13-28-21)20(26)25-10-9-18-14(11-22)3-2-4-15(18)12-25/h2-8,13H,9-10,12H2,1H3,(H,23,24). The van der Waals surface area contributed by atoms with Crippen LogP contribution in [0.3, 0.4) is 0 Å². The number of carbonyl (C=O) groups excluding carboxylic acids is 1. The maximum atomic E-state index is 12.9. The molecule has 0 unspecified atom stereocenters. The molecule has 0 aliphatic carbocycles. The second kappa shape index (κ2) is 7.71. The summed E-state index contributed by atoms with van der Waals surface area (Å²) in [4.78, 5) is 19.1. The fourth-order valence-corrected chi connectivity index (χ4v) is 3.98. The zero-order valence-electron chi connectivity index (χ0n) is 15.3. The van der Waals surface area contributed by atoms with Crippen LogP contribution in [0.4, 0.5) is 10.8 Å². The molecule has 6 nitrogen and oxygen atoms in total. The van der Waals surface area contributed by atoms with Gasteiger partial charge < -0.3 is 15.0 Å². The topological polar surface area (TPSA) is 78.2 Å². The molecule has 1 N–H and O–H groups in total. The first kappa shape index (κ1) is 18.0. The van der Waals surface area contributed by atoms with E-state index in [4.69, 9.17) is 4.74 Å². The fourth-order valence-electron chi connectivity index (χ4n) is 3.28. The summed E-state index contributed by atoms with van der Waals surface area (Å²) in [6.07, 6.45) is 0.686. The minimum Gasteiger partial charge on any atom is -0.497 e. The molecule has 0 spiro atoms. The van der Waals surface area contributed by atoms with Crippen LogP contribution in [-0.4, -0.2) is 29.4 Å². The van der Waals surface area contributed by atoms with Crippen molar-refractivity contribution in [2.75, 3.05) is 19.0 Å². The third kappa shape index (κ3) is 3.55. The smallest absolute Gasteiger partial charge is 0.273 e. The molecule has 0 atom stereocenters. The van der Waals surface area contributed by atoms with Crippen molar-refractivity contribution in [3.8, 4) is 11.8 Å². The molecule has 1 aliphatic heterocycles. The average molecular weight is 390 g/mol. The molecule has 140 valence electrons. The number of nitrogens with one attached hydrogen (secondary N) is 1. The van der Waals surface area contributed by atoms with Crippen LogP contribution in [-0.2, 0) is 13.0 Å². The number of ether oxygens (including phenoxy) is 1. The van der Waals surface area contributed by atoms with Crippen LogP contribution in [0.1, 0.15) is 27.2 Å². The number of hydrogen-bond donors (Lipinski definition) is 1. The van der Waals surface area contributed by atoms with Gasteiger partial charge in [0.2, 0.25) is 0 Å². The second-order valence-electron chi connectivity index (χ2n) is 6.42. The van der Waals surface area contributed by atoms with Crippen molar-refractivity contribution in [3.05, 3.63) is 70.2 Å². The SMILES string of the molecule is COc1ccc(Nc2nc(C(=O)N3CCc4c(C#N)cccc4C3)cs2)cc1. The largest absolute Gasteiger partial charge is 0.497 e. The highest BCUT2D eigenvalue weighted by Crippen LogP contribution is 2.26. The van der Waals surface area contributed by atoms with Crippen molar-refractivity contribution in [2.24, 2.45) is 0 Å². The van der Waals surface area contributed by atoms with Gasteiger partial charge in [-0.2, -0.15) is 5.26 Å². The number of nitriles is 1. The molecular formula is C21H18N4O2S. The molecule has 2 heterocycles. The number of nitrogens with zero attached hydrogens (tertiary/aromatic N) is 3. The quantitative estimate of drug-likeness (QED) is 0.729. The Morgan fingerprint density at radius 3 is 2.86 bits per heavy atom. The number of anilines is 2. The van der Waals surface area contributed by atoms with Crippen LogP contribution in [0.15, 0.2) is 47.8 Å². The second-order valence-corrected chi connectivity index (χ2v) is 7.28. The molecule has 7 heteroatoms. The van der Waals surface area contributed by atoms with Crippen LogP contribution < -0.4 is 10.1 Å². The van der Waals surface area contributed by atoms with E-state index in [1.54, 1.807) is 17.4 Å². The summed E-state index contributed by atoms with van der Waals surface area (Å²) in [5.41, 5.74) is 4.09. The molecule has 2 aromatic carbocycles. The van der Waals surface area contributed by atoms with Crippen molar-refractivity contribution < 1.29 is 9.53 Å². The first-order valence-electron chi connectivity index (χ1n) is 8.84. The van der Waals surface area contributed by atoms with E-state index in [2.05, 4.69) is 16.4 Å². The van der Waals surface area contributed by atoms with Gasteiger partial charge in [-0.05, 0) is 47.9 Å². The lowest BCUT2D eigenvalue weighted by molar-refractivity contribution is 0.0729. The summed E-state index contributed by atoms with van der Waals surface area (Å²) in [5.74, 6) is 0.692. The van der Waals surface area contributed by atoms with Gasteiger partial charge in [0.15, 0.2) is 5.13 Å². The maximum Gasteiger partial charge on any atom is 0.273 e. The van der Waals surface area contributed by atoms with Crippen molar-refractivity contribution >= 4 is 28.1 Å². The normalized spacial score (nSPS) is 12.8. The minimum absolute atomic E-state index is 0.0907.